The predicted molar refractivity (Wildman–Crippen MR) is 67.6 cm³/mol. The number of hydrogen-bond donors (Lipinski definition) is 1. The van der Waals surface area contributed by atoms with Gasteiger partial charge in [0, 0.05) is 6.04 Å². The van der Waals surface area contributed by atoms with E-state index in [0.717, 1.165) is 0 Å². The van der Waals surface area contributed by atoms with Crippen molar-refractivity contribution in [2.45, 2.75) is 85.1 Å². The fraction of sp³-hybridized carbons (Fsp3) is 1.00. The first kappa shape index (κ1) is 16.4. The summed E-state index contributed by atoms with van der Waals surface area (Å²) in [6.07, 6.45) is 10.7. The Balaban J connectivity index is 0. The first-order valence-corrected chi connectivity index (χ1v) is 6.44. The van der Waals surface area contributed by atoms with Gasteiger partial charge in [-0.2, -0.15) is 0 Å². The Morgan fingerprint density at radius 3 is 1.71 bits per heavy atom. The highest BCUT2D eigenvalue weighted by Gasteiger charge is 1.93. The maximum atomic E-state index is 5.63. The van der Waals surface area contributed by atoms with Gasteiger partial charge in [0.15, 0.2) is 0 Å². The minimum atomic E-state index is 0.404. The minimum Gasteiger partial charge on any atom is -0.328 e. The smallest absolute Gasteiger partial charge is 0.00104 e. The second-order valence-corrected chi connectivity index (χ2v) is 4.24. The second kappa shape index (κ2) is 15.4. The summed E-state index contributed by atoms with van der Waals surface area (Å²) in [4.78, 5) is 0. The zero-order valence-electron chi connectivity index (χ0n) is 10.8. The van der Waals surface area contributed by atoms with Crippen molar-refractivity contribution in [2.24, 2.45) is 5.73 Å². The zero-order chi connectivity index (χ0) is 11.2. The lowest BCUT2D eigenvalue weighted by Crippen LogP contribution is -2.13. The van der Waals surface area contributed by atoms with Gasteiger partial charge < -0.3 is 5.73 Å². The third-order valence-corrected chi connectivity index (χ3v) is 2.01. The molecular weight excluding hydrogens is 170 g/mol. The van der Waals surface area contributed by atoms with Crippen LogP contribution in [0.3, 0.4) is 0 Å². The molecule has 0 radical (unpaired) electrons. The van der Waals surface area contributed by atoms with E-state index in [1.807, 2.05) is 0 Å². The molecule has 0 aromatic heterocycles. The van der Waals surface area contributed by atoms with Gasteiger partial charge in [-0.25, -0.2) is 0 Å². The Bertz CT molecular complexity index is 79.3. The monoisotopic (exact) mass is 201 g/mol. The van der Waals surface area contributed by atoms with Gasteiger partial charge in [-0.1, -0.05) is 65.7 Å². The van der Waals surface area contributed by atoms with Gasteiger partial charge in [0.2, 0.25) is 0 Å². The molecular formula is C13H31N. The molecule has 1 nitrogen and oxygen atoms in total. The van der Waals surface area contributed by atoms with Crippen molar-refractivity contribution in [3.63, 3.8) is 0 Å². The molecule has 0 saturated carbocycles. The third kappa shape index (κ3) is 22.7. The Morgan fingerprint density at radius 2 is 1.29 bits per heavy atom. The van der Waals surface area contributed by atoms with Gasteiger partial charge in [0.25, 0.3) is 0 Å². The molecule has 0 aliphatic rings. The standard InChI is InChI=1S/C10H23N.C3H8/c1-3-4-5-6-7-8-9-10(2)11;1-3-2/h10H,3-9,11H2,1-2H3;3H2,1-2H3. The van der Waals surface area contributed by atoms with Crippen LogP contribution in [0.4, 0.5) is 0 Å². The molecule has 0 spiro atoms. The largest absolute Gasteiger partial charge is 0.328 e. The molecule has 1 atom stereocenters. The summed E-state index contributed by atoms with van der Waals surface area (Å²) in [7, 11) is 0. The minimum absolute atomic E-state index is 0.404. The van der Waals surface area contributed by atoms with Gasteiger partial charge >= 0.3 is 0 Å². The van der Waals surface area contributed by atoms with Crippen LogP contribution in [0.25, 0.3) is 0 Å². The Morgan fingerprint density at radius 1 is 0.857 bits per heavy atom. The van der Waals surface area contributed by atoms with E-state index >= 15 is 0 Å². The third-order valence-electron chi connectivity index (χ3n) is 2.01. The summed E-state index contributed by atoms with van der Waals surface area (Å²) in [5, 5.41) is 0. The van der Waals surface area contributed by atoms with Crippen molar-refractivity contribution in [1.29, 1.82) is 0 Å². The number of nitrogens with two attached hydrogens (primary N) is 1. The van der Waals surface area contributed by atoms with Gasteiger partial charge in [0.1, 0.15) is 0 Å². The summed E-state index contributed by atoms with van der Waals surface area (Å²) >= 11 is 0. The molecule has 1 unspecified atom stereocenters. The van der Waals surface area contributed by atoms with Crippen LogP contribution in [-0.4, -0.2) is 6.04 Å². The normalized spacial score (nSPS) is 11.8. The van der Waals surface area contributed by atoms with E-state index in [1.165, 1.54) is 51.4 Å². The summed E-state index contributed by atoms with van der Waals surface area (Å²) in [5.74, 6) is 0. The van der Waals surface area contributed by atoms with Crippen LogP contribution < -0.4 is 5.73 Å². The molecule has 0 aliphatic carbocycles. The van der Waals surface area contributed by atoms with Crippen molar-refractivity contribution in [1.82, 2.24) is 0 Å². The first-order valence-electron chi connectivity index (χ1n) is 6.44. The molecule has 0 heterocycles. The molecule has 14 heavy (non-hydrogen) atoms. The molecule has 1 heteroatoms. The van der Waals surface area contributed by atoms with E-state index in [-0.39, 0.29) is 0 Å². The molecule has 0 saturated heterocycles. The lowest BCUT2D eigenvalue weighted by atomic mass is 10.1. The van der Waals surface area contributed by atoms with E-state index < -0.39 is 0 Å². The van der Waals surface area contributed by atoms with E-state index in [0.29, 0.717) is 6.04 Å². The highest BCUT2D eigenvalue weighted by Crippen LogP contribution is 2.07. The van der Waals surface area contributed by atoms with Gasteiger partial charge in [0.05, 0.1) is 0 Å². The predicted octanol–water partition coefficient (Wildman–Crippen LogP) is 4.50. The summed E-state index contributed by atoms with van der Waals surface area (Å²) in [6.45, 7) is 8.59. The molecule has 0 fully saturated rings. The van der Waals surface area contributed by atoms with E-state index in [2.05, 4.69) is 27.7 Å². The van der Waals surface area contributed by atoms with Crippen LogP contribution in [0.2, 0.25) is 0 Å². The molecule has 2 N–H and O–H groups in total. The quantitative estimate of drug-likeness (QED) is 0.603. The SMILES string of the molecule is CCC.CCCCCCCCC(C)N. The molecule has 88 valence electrons. The fourth-order valence-electron chi connectivity index (χ4n) is 1.25. The van der Waals surface area contributed by atoms with Gasteiger partial charge in [-0.15, -0.1) is 0 Å². The topological polar surface area (TPSA) is 26.0 Å². The Labute approximate surface area is 91.5 Å². The van der Waals surface area contributed by atoms with Crippen molar-refractivity contribution >= 4 is 0 Å². The maximum Gasteiger partial charge on any atom is 0.00104 e. The summed E-state index contributed by atoms with van der Waals surface area (Å²) < 4.78 is 0. The van der Waals surface area contributed by atoms with Crippen molar-refractivity contribution < 1.29 is 0 Å². The average Bonchev–Trinajstić information content (AvgIpc) is 2.12. The molecule has 0 aliphatic heterocycles. The lowest BCUT2D eigenvalue weighted by Gasteiger charge is -2.03. The van der Waals surface area contributed by atoms with Crippen LogP contribution >= 0.6 is 0 Å². The molecule has 0 bridgehead atoms. The van der Waals surface area contributed by atoms with E-state index in [9.17, 15) is 0 Å². The van der Waals surface area contributed by atoms with Crippen LogP contribution in [0, 0.1) is 0 Å². The molecule has 0 aromatic carbocycles. The van der Waals surface area contributed by atoms with Crippen molar-refractivity contribution in [2.75, 3.05) is 0 Å². The molecule has 0 rings (SSSR count). The Hall–Kier alpha value is -0.0400. The number of rotatable bonds is 7. The highest BCUT2D eigenvalue weighted by molar-refractivity contribution is 4.53. The lowest BCUT2D eigenvalue weighted by molar-refractivity contribution is 0.554. The number of unbranched alkanes of at least 4 members (excludes halogenated alkanes) is 5. The number of hydrogen-bond acceptors (Lipinski definition) is 1. The second-order valence-electron chi connectivity index (χ2n) is 4.24. The molecule has 0 aromatic rings. The van der Waals surface area contributed by atoms with Gasteiger partial charge in [-0.05, 0) is 13.3 Å². The van der Waals surface area contributed by atoms with E-state index in [1.54, 1.807) is 0 Å². The maximum absolute atomic E-state index is 5.63. The van der Waals surface area contributed by atoms with Crippen molar-refractivity contribution in [3.8, 4) is 0 Å². The Kier molecular flexibility index (Phi) is 18.1. The fourth-order valence-corrected chi connectivity index (χ4v) is 1.25. The first-order chi connectivity index (χ1) is 6.68. The summed E-state index contributed by atoms with van der Waals surface area (Å²) in [5.41, 5.74) is 5.63. The van der Waals surface area contributed by atoms with Crippen LogP contribution in [0.15, 0.2) is 0 Å². The van der Waals surface area contributed by atoms with Crippen LogP contribution in [-0.2, 0) is 0 Å². The van der Waals surface area contributed by atoms with Gasteiger partial charge in [-0.3, -0.25) is 0 Å². The average molecular weight is 201 g/mol. The van der Waals surface area contributed by atoms with E-state index in [4.69, 9.17) is 5.73 Å². The molecule has 0 amide bonds. The van der Waals surface area contributed by atoms with Crippen LogP contribution in [0.5, 0.6) is 0 Å². The van der Waals surface area contributed by atoms with Crippen LogP contribution in [0.1, 0.15) is 79.1 Å². The summed E-state index contributed by atoms with van der Waals surface area (Å²) in [6, 6.07) is 0.404. The zero-order valence-corrected chi connectivity index (χ0v) is 10.8. The highest BCUT2D eigenvalue weighted by atomic mass is 14.6. The van der Waals surface area contributed by atoms with Crippen molar-refractivity contribution in [3.05, 3.63) is 0 Å².